The van der Waals surface area contributed by atoms with Crippen molar-refractivity contribution in [2.24, 2.45) is 0 Å². The lowest BCUT2D eigenvalue weighted by molar-refractivity contribution is 0.0528. The highest BCUT2D eigenvalue weighted by molar-refractivity contribution is 6.01. The molecule has 3 N–H and O–H groups in total. The van der Waals surface area contributed by atoms with E-state index in [0.717, 1.165) is 25.9 Å². The maximum atomic E-state index is 11.9. The molecule has 0 saturated carbocycles. The number of esters is 1. The molecule has 3 heterocycles. The predicted molar refractivity (Wildman–Crippen MR) is 79.4 cm³/mol. The topological polar surface area (TPSA) is 91.9 Å². The van der Waals surface area contributed by atoms with Crippen molar-refractivity contribution in [3.63, 3.8) is 0 Å². The largest absolute Gasteiger partial charge is 0.462 e. The Morgan fingerprint density at radius 2 is 2.29 bits per heavy atom. The quantitative estimate of drug-likeness (QED) is 0.735. The van der Waals surface area contributed by atoms with Gasteiger partial charge in [-0.3, -0.25) is 0 Å². The molecule has 2 aromatic rings. The molecule has 7 nitrogen and oxygen atoms in total. The van der Waals surface area contributed by atoms with E-state index in [2.05, 4.69) is 25.6 Å². The molecule has 0 atom stereocenters. The molecule has 0 radical (unpaired) electrons. The van der Waals surface area contributed by atoms with E-state index in [-0.39, 0.29) is 5.97 Å². The van der Waals surface area contributed by atoms with Gasteiger partial charge in [-0.25, -0.2) is 14.8 Å². The molecule has 112 valence electrons. The van der Waals surface area contributed by atoms with Gasteiger partial charge in [0, 0.05) is 12.2 Å². The van der Waals surface area contributed by atoms with Crippen LogP contribution in [0, 0.1) is 0 Å². The standard InChI is InChI=1S/C14H19N5O2/c1-2-21-14(20)10-7-16-13-12(10)19-11(8-17-13)18-9-3-5-15-6-4-9/h7-9,15H,2-6H2,1H3,(H,16,17)(H,18,19). The third-order valence-corrected chi connectivity index (χ3v) is 3.57. The molecule has 1 saturated heterocycles. The summed E-state index contributed by atoms with van der Waals surface area (Å²) in [5.74, 6) is 0.316. The van der Waals surface area contributed by atoms with Crippen LogP contribution in [0.4, 0.5) is 5.82 Å². The van der Waals surface area contributed by atoms with Gasteiger partial charge in [-0.05, 0) is 32.9 Å². The van der Waals surface area contributed by atoms with E-state index < -0.39 is 0 Å². The summed E-state index contributed by atoms with van der Waals surface area (Å²) in [6, 6.07) is 0.392. The number of fused-ring (bicyclic) bond motifs is 1. The Balaban J connectivity index is 1.83. The average Bonchev–Trinajstić information content (AvgIpc) is 2.92. The van der Waals surface area contributed by atoms with Crippen molar-refractivity contribution < 1.29 is 9.53 Å². The summed E-state index contributed by atoms with van der Waals surface area (Å²) in [6.07, 6.45) is 5.39. The van der Waals surface area contributed by atoms with E-state index in [1.165, 1.54) is 0 Å². The van der Waals surface area contributed by atoms with E-state index in [1.54, 1.807) is 19.3 Å². The molecule has 2 aromatic heterocycles. The Hall–Kier alpha value is -2.15. The first-order valence-electron chi connectivity index (χ1n) is 7.26. The van der Waals surface area contributed by atoms with Gasteiger partial charge in [-0.15, -0.1) is 0 Å². The van der Waals surface area contributed by atoms with Crippen LogP contribution in [0.5, 0.6) is 0 Å². The molecule has 0 aliphatic carbocycles. The number of hydrogen-bond acceptors (Lipinski definition) is 6. The fraction of sp³-hybridized carbons (Fsp3) is 0.500. The zero-order valence-electron chi connectivity index (χ0n) is 12.0. The SMILES string of the molecule is CCOC(=O)c1c[nH]c2ncc(NC3CCNCC3)nc12. The molecular formula is C14H19N5O2. The highest BCUT2D eigenvalue weighted by atomic mass is 16.5. The fourth-order valence-corrected chi connectivity index (χ4v) is 2.50. The van der Waals surface area contributed by atoms with E-state index in [4.69, 9.17) is 4.74 Å². The molecule has 0 amide bonds. The first kappa shape index (κ1) is 13.8. The molecule has 0 bridgehead atoms. The predicted octanol–water partition coefficient (Wildman–Crippen LogP) is 1.30. The molecule has 1 fully saturated rings. The number of rotatable bonds is 4. The number of nitrogens with one attached hydrogen (secondary N) is 3. The lowest BCUT2D eigenvalue weighted by Crippen LogP contribution is -2.35. The number of aromatic nitrogens is 3. The lowest BCUT2D eigenvalue weighted by Gasteiger charge is -2.23. The van der Waals surface area contributed by atoms with Gasteiger partial charge in [-0.1, -0.05) is 0 Å². The molecule has 7 heteroatoms. The van der Waals surface area contributed by atoms with Crippen LogP contribution in [-0.4, -0.2) is 46.7 Å². The van der Waals surface area contributed by atoms with Crippen molar-refractivity contribution in [2.45, 2.75) is 25.8 Å². The van der Waals surface area contributed by atoms with Crippen molar-refractivity contribution in [3.8, 4) is 0 Å². The van der Waals surface area contributed by atoms with E-state index in [0.29, 0.717) is 35.2 Å². The summed E-state index contributed by atoms with van der Waals surface area (Å²) < 4.78 is 5.03. The van der Waals surface area contributed by atoms with Crippen molar-refractivity contribution >= 4 is 23.0 Å². The molecule has 1 aliphatic heterocycles. The van der Waals surface area contributed by atoms with Gasteiger partial charge in [0.2, 0.25) is 0 Å². The molecule has 0 unspecified atom stereocenters. The Bertz CT molecular complexity index is 633. The highest BCUT2D eigenvalue weighted by Crippen LogP contribution is 2.18. The summed E-state index contributed by atoms with van der Waals surface area (Å²) in [7, 11) is 0. The minimum absolute atomic E-state index is 0.339. The van der Waals surface area contributed by atoms with Crippen LogP contribution < -0.4 is 10.6 Å². The second-order valence-electron chi connectivity index (χ2n) is 5.04. The number of carbonyl (C=O) groups excluding carboxylic acids is 1. The van der Waals surface area contributed by atoms with E-state index in [9.17, 15) is 4.79 Å². The van der Waals surface area contributed by atoms with Crippen LogP contribution in [0.3, 0.4) is 0 Å². The normalized spacial score (nSPS) is 16.0. The van der Waals surface area contributed by atoms with Crippen LogP contribution >= 0.6 is 0 Å². The number of hydrogen-bond donors (Lipinski definition) is 3. The van der Waals surface area contributed by atoms with Gasteiger partial charge in [0.1, 0.15) is 16.9 Å². The third kappa shape index (κ3) is 2.97. The van der Waals surface area contributed by atoms with Crippen molar-refractivity contribution in [1.82, 2.24) is 20.3 Å². The minimum Gasteiger partial charge on any atom is -0.462 e. The lowest BCUT2D eigenvalue weighted by atomic mass is 10.1. The maximum absolute atomic E-state index is 11.9. The molecular weight excluding hydrogens is 270 g/mol. The van der Waals surface area contributed by atoms with Crippen LogP contribution in [-0.2, 0) is 4.74 Å². The Morgan fingerprint density at radius 1 is 1.48 bits per heavy atom. The van der Waals surface area contributed by atoms with Gasteiger partial charge in [0.05, 0.1) is 12.8 Å². The maximum Gasteiger partial charge on any atom is 0.341 e. The highest BCUT2D eigenvalue weighted by Gasteiger charge is 2.17. The zero-order chi connectivity index (χ0) is 14.7. The van der Waals surface area contributed by atoms with Gasteiger partial charge < -0.3 is 20.4 Å². The summed E-state index contributed by atoms with van der Waals surface area (Å²) in [5.41, 5.74) is 1.56. The summed E-state index contributed by atoms with van der Waals surface area (Å²) in [6.45, 7) is 4.13. The van der Waals surface area contributed by atoms with Crippen LogP contribution in [0.15, 0.2) is 12.4 Å². The number of carbonyl (C=O) groups is 1. The first-order chi connectivity index (χ1) is 10.3. The molecule has 0 spiro atoms. The van der Waals surface area contributed by atoms with Gasteiger partial charge in [-0.2, -0.15) is 0 Å². The van der Waals surface area contributed by atoms with Crippen LogP contribution in [0.1, 0.15) is 30.1 Å². The summed E-state index contributed by atoms with van der Waals surface area (Å²) in [4.78, 5) is 23.6. The monoisotopic (exact) mass is 289 g/mol. The van der Waals surface area contributed by atoms with Gasteiger partial charge in [0.15, 0.2) is 5.65 Å². The number of aromatic amines is 1. The minimum atomic E-state index is -0.378. The smallest absolute Gasteiger partial charge is 0.341 e. The summed E-state index contributed by atoms with van der Waals surface area (Å²) in [5, 5.41) is 6.70. The fourth-order valence-electron chi connectivity index (χ4n) is 2.50. The van der Waals surface area contributed by atoms with E-state index >= 15 is 0 Å². The van der Waals surface area contributed by atoms with Crippen molar-refractivity contribution in [1.29, 1.82) is 0 Å². The number of ether oxygens (including phenoxy) is 1. The number of nitrogens with zero attached hydrogens (tertiary/aromatic N) is 2. The number of H-pyrrole nitrogens is 1. The van der Waals surface area contributed by atoms with E-state index in [1.807, 2.05) is 0 Å². The Morgan fingerprint density at radius 3 is 3.05 bits per heavy atom. The van der Waals surface area contributed by atoms with Gasteiger partial charge in [0.25, 0.3) is 0 Å². The van der Waals surface area contributed by atoms with Crippen molar-refractivity contribution in [3.05, 3.63) is 18.0 Å². The number of anilines is 1. The summed E-state index contributed by atoms with van der Waals surface area (Å²) >= 11 is 0. The molecule has 0 aromatic carbocycles. The van der Waals surface area contributed by atoms with Crippen molar-refractivity contribution in [2.75, 3.05) is 25.0 Å². The Kier molecular flexibility index (Phi) is 4.01. The van der Waals surface area contributed by atoms with Crippen LogP contribution in [0.25, 0.3) is 11.2 Å². The first-order valence-corrected chi connectivity index (χ1v) is 7.26. The number of piperidine rings is 1. The zero-order valence-corrected chi connectivity index (χ0v) is 12.0. The molecule has 1 aliphatic rings. The third-order valence-electron chi connectivity index (χ3n) is 3.57. The van der Waals surface area contributed by atoms with Crippen LogP contribution in [0.2, 0.25) is 0 Å². The second-order valence-corrected chi connectivity index (χ2v) is 5.04. The molecule has 3 rings (SSSR count). The van der Waals surface area contributed by atoms with Gasteiger partial charge >= 0.3 is 5.97 Å². The second kappa shape index (κ2) is 6.09. The Labute approximate surface area is 122 Å². The average molecular weight is 289 g/mol. The molecule has 21 heavy (non-hydrogen) atoms.